The Hall–Kier alpha value is -0.460. The highest BCUT2D eigenvalue weighted by atomic mass is 32.2. The van der Waals surface area contributed by atoms with Crippen LogP contribution in [0.5, 0.6) is 0 Å². The van der Waals surface area contributed by atoms with Crippen LogP contribution >= 0.6 is 11.3 Å². The molecule has 1 aromatic heterocycles. The van der Waals surface area contributed by atoms with Crippen LogP contribution in [-0.4, -0.2) is 26.7 Å². The molecule has 6 heteroatoms. The molecular formula is C9H16N2O2S2. The molecule has 0 bridgehead atoms. The summed E-state index contributed by atoms with van der Waals surface area (Å²) in [6.45, 7) is 3.68. The molecule has 4 nitrogen and oxygen atoms in total. The summed E-state index contributed by atoms with van der Waals surface area (Å²) in [4.78, 5) is 5.21. The van der Waals surface area contributed by atoms with Crippen molar-refractivity contribution in [3.63, 3.8) is 0 Å². The van der Waals surface area contributed by atoms with Gasteiger partial charge in [-0.3, -0.25) is 0 Å². The van der Waals surface area contributed by atoms with Gasteiger partial charge in [-0.05, 0) is 20.9 Å². The van der Waals surface area contributed by atoms with E-state index in [0.29, 0.717) is 5.01 Å². The lowest BCUT2D eigenvalue weighted by atomic mass is 10.3. The first-order valence-corrected chi connectivity index (χ1v) is 7.45. The van der Waals surface area contributed by atoms with E-state index in [0.717, 1.165) is 4.88 Å². The zero-order valence-corrected chi connectivity index (χ0v) is 10.9. The highest BCUT2D eigenvalue weighted by Gasteiger charge is 2.21. The molecule has 2 unspecified atom stereocenters. The Bertz CT molecular complexity index is 425. The van der Waals surface area contributed by atoms with Gasteiger partial charge < -0.3 is 5.32 Å². The standard InChI is InChI=1S/C9H16N2O2S2/c1-6(10-3)8-5-11-9(14-8)7(2)15(4,12)13/h5-7,10H,1-4H3. The molecule has 0 aliphatic carbocycles. The zero-order valence-electron chi connectivity index (χ0n) is 9.31. The van der Waals surface area contributed by atoms with Crippen molar-refractivity contribution in [1.29, 1.82) is 0 Å². The van der Waals surface area contributed by atoms with Gasteiger partial charge in [-0.15, -0.1) is 11.3 Å². The Kier molecular flexibility index (Phi) is 3.86. The minimum atomic E-state index is -3.05. The average molecular weight is 248 g/mol. The molecule has 0 spiro atoms. The van der Waals surface area contributed by atoms with Gasteiger partial charge in [0.1, 0.15) is 10.3 Å². The van der Waals surface area contributed by atoms with Crippen LogP contribution in [0.1, 0.15) is 35.0 Å². The second kappa shape index (κ2) is 4.59. The summed E-state index contributed by atoms with van der Waals surface area (Å²) in [5, 5.41) is 3.24. The van der Waals surface area contributed by atoms with E-state index >= 15 is 0 Å². The van der Waals surface area contributed by atoms with E-state index in [4.69, 9.17) is 0 Å². The predicted octanol–water partition coefficient (Wildman–Crippen LogP) is 1.53. The minimum absolute atomic E-state index is 0.211. The Morgan fingerprint density at radius 2 is 2.07 bits per heavy atom. The smallest absolute Gasteiger partial charge is 0.156 e. The van der Waals surface area contributed by atoms with Gasteiger partial charge in [0.25, 0.3) is 0 Å². The van der Waals surface area contributed by atoms with Crippen LogP contribution < -0.4 is 5.32 Å². The number of aromatic nitrogens is 1. The van der Waals surface area contributed by atoms with Crippen LogP contribution in [0.25, 0.3) is 0 Å². The molecule has 1 heterocycles. The lowest BCUT2D eigenvalue weighted by Gasteiger charge is -2.06. The van der Waals surface area contributed by atoms with Crippen molar-refractivity contribution in [2.24, 2.45) is 0 Å². The summed E-state index contributed by atoms with van der Waals surface area (Å²) in [7, 11) is -1.18. The number of nitrogens with zero attached hydrogens (tertiary/aromatic N) is 1. The van der Waals surface area contributed by atoms with Crippen LogP contribution in [-0.2, 0) is 9.84 Å². The Labute approximate surface area is 94.7 Å². The molecule has 1 rings (SSSR count). The Balaban J connectivity index is 2.94. The van der Waals surface area contributed by atoms with Crippen LogP contribution in [0.2, 0.25) is 0 Å². The molecule has 0 fully saturated rings. The van der Waals surface area contributed by atoms with Gasteiger partial charge in [-0.1, -0.05) is 0 Å². The first-order valence-electron chi connectivity index (χ1n) is 4.68. The first-order chi connectivity index (χ1) is 6.86. The fraction of sp³-hybridized carbons (Fsp3) is 0.667. The molecule has 86 valence electrons. The topological polar surface area (TPSA) is 59.1 Å². The van der Waals surface area contributed by atoms with E-state index in [-0.39, 0.29) is 6.04 Å². The number of rotatable bonds is 4. The molecule has 0 amide bonds. The fourth-order valence-electron chi connectivity index (χ4n) is 1.01. The van der Waals surface area contributed by atoms with E-state index in [2.05, 4.69) is 10.3 Å². The molecule has 0 aliphatic rings. The number of nitrogens with one attached hydrogen (secondary N) is 1. The maximum atomic E-state index is 11.3. The molecule has 0 saturated heterocycles. The minimum Gasteiger partial charge on any atom is -0.312 e. The second-order valence-electron chi connectivity index (χ2n) is 3.58. The number of thiazole rings is 1. The van der Waals surface area contributed by atoms with Crippen molar-refractivity contribution in [3.05, 3.63) is 16.1 Å². The van der Waals surface area contributed by atoms with Gasteiger partial charge in [0, 0.05) is 23.4 Å². The largest absolute Gasteiger partial charge is 0.312 e. The molecule has 0 aliphatic heterocycles. The van der Waals surface area contributed by atoms with Crippen LogP contribution in [0.4, 0.5) is 0 Å². The van der Waals surface area contributed by atoms with Crippen LogP contribution in [0, 0.1) is 0 Å². The second-order valence-corrected chi connectivity index (χ2v) is 7.04. The lowest BCUT2D eigenvalue weighted by Crippen LogP contribution is -2.10. The molecule has 0 radical (unpaired) electrons. The van der Waals surface area contributed by atoms with Gasteiger partial charge in [0.2, 0.25) is 0 Å². The number of hydrogen-bond donors (Lipinski definition) is 1. The molecule has 2 atom stereocenters. The summed E-state index contributed by atoms with van der Waals surface area (Å²) in [5.41, 5.74) is 0. The van der Waals surface area contributed by atoms with Crippen molar-refractivity contribution >= 4 is 21.2 Å². The summed E-state index contributed by atoms with van der Waals surface area (Å²) in [5.74, 6) is 0. The third kappa shape index (κ3) is 2.99. The third-order valence-corrected chi connectivity index (χ3v) is 5.41. The maximum Gasteiger partial charge on any atom is 0.156 e. The summed E-state index contributed by atoms with van der Waals surface area (Å²) in [6.07, 6.45) is 2.98. The quantitative estimate of drug-likeness (QED) is 0.878. The number of sulfone groups is 1. The van der Waals surface area contributed by atoms with E-state index in [1.807, 2.05) is 14.0 Å². The normalized spacial score (nSPS) is 16.3. The van der Waals surface area contributed by atoms with Crippen molar-refractivity contribution in [2.45, 2.75) is 25.1 Å². The van der Waals surface area contributed by atoms with Crippen LogP contribution in [0.15, 0.2) is 6.20 Å². The highest BCUT2D eigenvalue weighted by molar-refractivity contribution is 7.91. The zero-order chi connectivity index (χ0) is 11.6. The van der Waals surface area contributed by atoms with Gasteiger partial charge in [-0.25, -0.2) is 13.4 Å². The van der Waals surface area contributed by atoms with E-state index in [1.165, 1.54) is 17.6 Å². The summed E-state index contributed by atoms with van der Waals surface area (Å²) < 4.78 is 22.7. The van der Waals surface area contributed by atoms with Crippen molar-refractivity contribution in [3.8, 4) is 0 Å². The van der Waals surface area contributed by atoms with E-state index in [9.17, 15) is 8.42 Å². The van der Waals surface area contributed by atoms with Gasteiger partial charge in [0.05, 0.1) is 0 Å². The lowest BCUT2D eigenvalue weighted by molar-refractivity contribution is 0.592. The van der Waals surface area contributed by atoms with Gasteiger partial charge >= 0.3 is 0 Å². The maximum absolute atomic E-state index is 11.3. The summed E-state index contributed by atoms with van der Waals surface area (Å²) in [6, 6.07) is 0.211. The van der Waals surface area contributed by atoms with Crippen LogP contribution in [0.3, 0.4) is 0 Å². The SMILES string of the molecule is CNC(C)c1cnc(C(C)S(C)(=O)=O)s1. The predicted molar refractivity (Wildman–Crippen MR) is 62.8 cm³/mol. The third-order valence-electron chi connectivity index (χ3n) is 2.39. The summed E-state index contributed by atoms with van der Waals surface area (Å²) >= 11 is 1.45. The average Bonchev–Trinajstić information content (AvgIpc) is 2.62. The first kappa shape index (κ1) is 12.6. The molecule has 15 heavy (non-hydrogen) atoms. The van der Waals surface area contributed by atoms with E-state index < -0.39 is 15.1 Å². The van der Waals surface area contributed by atoms with Gasteiger partial charge in [-0.2, -0.15) is 0 Å². The molecule has 0 saturated carbocycles. The molecule has 1 N–H and O–H groups in total. The highest BCUT2D eigenvalue weighted by Crippen LogP contribution is 2.28. The molecule has 1 aromatic rings. The van der Waals surface area contributed by atoms with Gasteiger partial charge in [0.15, 0.2) is 9.84 Å². The fourth-order valence-corrected chi connectivity index (χ4v) is 3.02. The monoisotopic (exact) mass is 248 g/mol. The van der Waals surface area contributed by atoms with E-state index in [1.54, 1.807) is 13.1 Å². The van der Waals surface area contributed by atoms with Crippen molar-refractivity contribution in [1.82, 2.24) is 10.3 Å². The Morgan fingerprint density at radius 1 is 1.47 bits per heavy atom. The number of hydrogen-bond acceptors (Lipinski definition) is 5. The van der Waals surface area contributed by atoms with Crippen molar-refractivity contribution < 1.29 is 8.42 Å². The Morgan fingerprint density at radius 3 is 2.53 bits per heavy atom. The van der Waals surface area contributed by atoms with Crippen molar-refractivity contribution in [2.75, 3.05) is 13.3 Å². The molecule has 0 aromatic carbocycles. The molecular weight excluding hydrogens is 232 g/mol.